The lowest BCUT2D eigenvalue weighted by atomic mass is 9.88. The Balaban J connectivity index is 1.32. The van der Waals surface area contributed by atoms with Crippen LogP contribution in [0.5, 0.6) is 0 Å². The van der Waals surface area contributed by atoms with Crippen molar-refractivity contribution in [2.75, 3.05) is 5.01 Å². The zero-order chi connectivity index (χ0) is 27.4. The molecule has 0 fully saturated rings. The fourth-order valence-electron chi connectivity index (χ4n) is 5.13. The zero-order valence-electron chi connectivity index (χ0n) is 22.0. The van der Waals surface area contributed by atoms with E-state index in [9.17, 15) is 14.4 Å². The monoisotopic (exact) mass is 517 g/mol. The van der Waals surface area contributed by atoms with Gasteiger partial charge in [0.2, 0.25) is 5.91 Å². The Labute approximate surface area is 228 Å². The van der Waals surface area contributed by atoms with Crippen molar-refractivity contribution in [1.29, 1.82) is 0 Å². The molecule has 6 heteroatoms. The lowest BCUT2D eigenvalue weighted by Crippen LogP contribution is -2.54. The average Bonchev–Trinajstić information content (AvgIpc) is 3.06. The van der Waals surface area contributed by atoms with Gasteiger partial charge in [0.05, 0.1) is 11.6 Å². The van der Waals surface area contributed by atoms with Crippen LogP contribution >= 0.6 is 0 Å². The molecule has 0 radical (unpaired) electrons. The maximum Gasteiger partial charge on any atom is 0.261 e. The van der Waals surface area contributed by atoms with Crippen LogP contribution in [-0.2, 0) is 14.4 Å². The van der Waals surface area contributed by atoms with E-state index in [1.807, 2.05) is 116 Å². The summed E-state index contributed by atoms with van der Waals surface area (Å²) in [7, 11) is 0. The third-order valence-corrected chi connectivity index (χ3v) is 7.24. The highest BCUT2D eigenvalue weighted by Gasteiger charge is 2.33. The molecule has 0 saturated heterocycles. The molecule has 196 valence electrons. The van der Waals surface area contributed by atoms with Crippen molar-refractivity contribution >= 4 is 23.4 Å². The second kappa shape index (κ2) is 11.4. The maximum absolute atomic E-state index is 13.5. The Morgan fingerprint density at radius 2 is 1.31 bits per heavy atom. The third-order valence-electron chi connectivity index (χ3n) is 7.24. The summed E-state index contributed by atoms with van der Waals surface area (Å²) in [6, 6.07) is 34.1. The van der Waals surface area contributed by atoms with Crippen LogP contribution in [0.4, 0.5) is 5.69 Å². The van der Waals surface area contributed by atoms with E-state index >= 15 is 0 Å². The number of nitrogens with one attached hydrogen (secondary N) is 2. The Bertz CT molecular complexity index is 1450. The molecule has 2 atom stereocenters. The third kappa shape index (κ3) is 5.46. The molecule has 0 bridgehead atoms. The number of hydrogen-bond acceptors (Lipinski definition) is 3. The van der Waals surface area contributed by atoms with Crippen molar-refractivity contribution in [1.82, 2.24) is 10.7 Å². The normalized spacial score (nSPS) is 15.1. The van der Waals surface area contributed by atoms with E-state index in [2.05, 4.69) is 10.7 Å². The van der Waals surface area contributed by atoms with Gasteiger partial charge in [-0.3, -0.25) is 19.8 Å². The van der Waals surface area contributed by atoms with Crippen LogP contribution in [0, 0.1) is 0 Å². The van der Waals surface area contributed by atoms with Gasteiger partial charge in [-0.15, -0.1) is 0 Å². The molecule has 3 amide bonds. The summed E-state index contributed by atoms with van der Waals surface area (Å²) in [6.07, 6.45) is 0.184. The molecule has 5 rings (SSSR count). The average molecular weight is 518 g/mol. The Kier molecular flexibility index (Phi) is 7.55. The summed E-state index contributed by atoms with van der Waals surface area (Å²) >= 11 is 0. The van der Waals surface area contributed by atoms with Crippen LogP contribution in [0.3, 0.4) is 0 Å². The lowest BCUT2D eigenvalue weighted by molar-refractivity contribution is -0.130. The van der Waals surface area contributed by atoms with Gasteiger partial charge in [0.25, 0.3) is 11.8 Å². The van der Waals surface area contributed by atoms with Crippen molar-refractivity contribution < 1.29 is 14.4 Å². The van der Waals surface area contributed by atoms with Gasteiger partial charge < -0.3 is 5.32 Å². The minimum atomic E-state index is -0.856. The van der Waals surface area contributed by atoms with E-state index in [-0.39, 0.29) is 24.2 Å². The van der Waals surface area contributed by atoms with Crippen molar-refractivity contribution in [3.63, 3.8) is 0 Å². The summed E-state index contributed by atoms with van der Waals surface area (Å²) in [5, 5.41) is 4.15. The number of hydrazine groups is 1. The molecule has 39 heavy (non-hydrogen) atoms. The molecule has 1 aliphatic heterocycles. The van der Waals surface area contributed by atoms with Crippen molar-refractivity contribution in [3.8, 4) is 11.1 Å². The molecule has 0 aliphatic carbocycles. The second-order valence-electron chi connectivity index (χ2n) is 9.84. The number of amides is 3. The highest BCUT2D eigenvalue weighted by molar-refractivity contribution is 6.06. The number of carbonyl (C=O) groups excluding carboxylic acids is 3. The van der Waals surface area contributed by atoms with Gasteiger partial charge in [-0.1, -0.05) is 103 Å². The minimum absolute atomic E-state index is 0.152. The number of carbonyl (C=O) groups is 3. The number of fused-ring (bicyclic) bond motifs is 3. The van der Waals surface area contributed by atoms with Gasteiger partial charge in [-0.25, -0.2) is 5.01 Å². The van der Waals surface area contributed by atoms with Crippen LogP contribution in [0.1, 0.15) is 48.8 Å². The van der Waals surface area contributed by atoms with Crippen LogP contribution < -0.4 is 15.8 Å². The molecule has 4 aromatic carbocycles. The smallest absolute Gasteiger partial charge is 0.261 e. The fourth-order valence-corrected chi connectivity index (χ4v) is 5.13. The first kappa shape index (κ1) is 25.9. The number of hydrogen-bond donors (Lipinski definition) is 2. The van der Waals surface area contributed by atoms with Crippen LogP contribution in [-0.4, -0.2) is 23.8 Å². The number of nitrogens with zero attached hydrogens (tertiary/aromatic N) is 1. The Morgan fingerprint density at radius 1 is 0.769 bits per heavy atom. The fraction of sp³-hybridized carbons (Fsp3) is 0.182. The highest BCUT2D eigenvalue weighted by Crippen LogP contribution is 2.40. The largest absolute Gasteiger partial charge is 0.344 e. The highest BCUT2D eigenvalue weighted by atomic mass is 16.2. The first-order valence-electron chi connectivity index (χ1n) is 13.2. The van der Waals surface area contributed by atoms with Crippen LogP contribution in [0.25, 0.3) is 11.1 Å². The first-order valence-corrected chi connectivity index (χ1v) is 13.2. The van der Waals surface area contributed by atoms with E-state index in [0.29, 0.717) is 5.69 Å². The van der Waals surface area contributed by atoms with E-state index in [1.165, 1.54) is 5.01 Å². The molecule has 1 aliphatic rings. The lowest BCUT2D eigenvalue weighted by Gasteiger charge is -2.27. The van der Waals surface area contributed by atoms with Gasteiger partial charge in [0.1, 0.15) is 6.04 Å². The maximum atomic E-state index is 13.5. The topological polar surface area (TPSA) is 78.5 Å². The Hall–Kier alpha value is -4.71. The van der Waals surface area contributed by atoms with E-state index in [0.717, 1.165) is 27.8 Å². The molecule has 0 saturated carbocycles. The van der Waals surface area contributed by atoms with Gasteiger partial charge >= 0.3 is 0 Å². The van der Waals surface area contributed by atoms with E-state index in [4.69, 9.17) is 0 Å². The van der Waals surface area contributed by atoms with Gasteiger partial charge in [-0.2, -0.15) is 0 Å². The summed E-state index contributed by atoms with van der Waals surface area (Å²) in [4.78, 5) is 40.0. The van der Waals surface area contributed by atoms with Gasteiger partial charge in [0.15, 0.2) is 0 Å². The molecule has 1 unspecified atom stereocenters. The standard InChI is InChI=1S/C33H31N3O3/c1-22-26-17-9-10-18-27(26)28-19-11-12-20-30(28)36(33(22)39)35-32(38)23(2)34-31(37)21-29(24-13-5-3-6-14-24)25-15-7-4-8-16-25/h3-20,22-23,29H,21H2,1-2H3,(H,34,37)(H,35,38)/t22?,23-/m0/s1. The summed E-state index contributed by atoms with van der Waals surface area (Å²) in [5.74, 6) is -1.58. The van der Waals surface area contributed by atoms with Crippen molar-refractivity contribution in [2.24, 2.45) is 0 Å². The van der Waals surface area contributed by atoms with Crippen LogP contribution in [0.2, 0.25) is 0 Å². The number of rotatable bonds is 7. The molecule has 4 aromatic rings. The molecule has 1 heterocycles. The summed E-state index contributed by atoms with van der Waals surface area (Å²) in [5.41, 5.74) is 8.15. The molecular weight excluding hydrogens is 486 g/mol. The van der Waals surface area contributed by atoms with Gasteiger partial charge in [-0.05, 0) is 42.2 Å². The molecular formula is C33H31N3O3. The van der Waals surface area contributed by atoms with Crippen LogP contribution in [0.15, 0.2) is 109 Å². The zero-order valence-corrected chi connectivity index (χ0v) is 22.0. The molecule has 6 nitrogen and oxygen atoms in total. The summed E-state index contributed by atoms with van der Waals surface area (Å²) in [6.45, 7) is 3.46. The SMILES string of the molecule is CC1C(=O)N(NC(=O)[C@H](C)NC(=O)CC(c2ccccc2)c2ccccc2)c2ccccc2-c2ccccc21. The molecule has 2 N–H and O–H groups in total. The van der Waals surface area contributed by atoms with E-state index in [1.54, 1.807) is 6.92 Å². The van der Waals surface area contributed by atoms with Crippen molar-refractivity contribution in [2.45, 2.75) is 38.1 Å². The van der Waals surface area contributed by atoms with E-state index < -0.39 is 17.9 Å². The summed E-state index contributed by atoms with van der Waals surface area (Å²) < 4.78 is 0. The number of benzene rings is 4. The quantitative estimate of drug-likeness (QED) is 0.337. The van der Waals surface area contributed by atoms with Crippen molar-refractivity contribution in [3.05, 3.63) is 126 Å². The van der Waals surface area contributed by atoms with Gasteiger partial charge in [0, 0.05) is 17.9 Å². The Morgan fingerprint density at radius 3 is 1.95 bits per heavy atom. The minimum Gasteiger partial charge on any atom is -0.344 e. The molecule has 0 spiro atoms. The first-order chi connectivity index (χ1) is 18.9. The number of para-hydroxylation sites is 1. The number of anilines is 1. The predicted molar refractivity (Wildman–Crippen MR) is 153 cm³/mol. The predicted octanol–water partition coefficient (Wildman–Crippen LogP) is 5.56. The molecule has 0 aromatic heterocycles. The second-order valence-corrected chi connectivity index (χ2v) is 9.84.